The van der Waals surface area contributed by atoms with Gasteiger partial charge in [-0.3, -0.25) is 4.79 Å². The van der Waals surface area contributed by atoms with Crippen LogP contribution in [0, 0.1) is 11.8 Å². The maximum atomic E-state index is 12.8. The predicted molar refractivity (Wildman–Crippen MR) is 124 cm³/mol. The quantitative estimate of drug-likeness (QED) is 0.254. The van der Waals surface area contributed by atoms with Gasteiger partial charge in [-0.25, -0.2) is 15.0 Å². The van der Waals surface area contributed by atoms with Gasteiger partial charge >= 0.3 is 13.2 Å². The van der Waals surface area contributed by atoms with E-state index in [1.165, 1.54) is 12.4 Å². The minimum absolute atomic E-state index is 0.0252. The number of anilines is 1. The zero-order valence-corrected chi connectivity index (χ0v) is 19.7. The van der Waals surface area contributed by atoms with Gasteiger partial charge in [-0.05, 0) is 63.2 Å². The Balaban J connectivity index is 1.66. The molecule has 0 radical (unpaired) electrons. The first-order valence-electron chi connectivity index (χ1n) is 12.0. The lowest BCUT2D eigenvalue weighted by molar-refractivity contribution is -0.170. The number of aliphatic imine (C=N–C) groups is 2. The van der Waals surface area contributed by atoms with Gasteiger partial charge in [-0.15, -0.1) is 0 Å². The first-order chi connectivity index (χ1) is 17.3. The molecule has 9 nitrogen and oxygen atoms in total. The Labute approximate surface area is 206 Å². The van der Waals surface area contributed by atoms with Gasteiger partial charge in [0.05, 0.1) is 18.8 Å². The Morgan fingerprint density at radius 3 is 2.39 bits per heavy atom. The number of carbonyl (C=O) groups is 1. The molecule has 0 unspecified atom stereocenters. The van der Waals surface area contributed by atoms with Gasteiger partial charge in [0.25, 0.3) is 5.91 Å². The van der Waals surface area contributed by atoms with E-state index in [9.17, 15) is 27.5 Å². The molecular formula is C23H31F4N5O4. The van der Waals surface area contributed by atoms with E-state index in [2.05, 4.69) is 34.7 Å². The van der Waals surface area contributed by atoms with Crippen LogP contribution < -0.4 is 5.32 Å². The van der Waals surface area contributed by atoms with Crippen LogP contribution in [0.1, 0.15) is 61.7 Å². The SMILES string of the molecule is O=C(/N=C/C1CCC(OC(F)F)CC1)c1cnc(NCCOC(F)F)nc1/N=C\C1CCC(O)CC1. The molecule has 1 aromatic heterocycles. The third kappa shape index (κ3) is 9.51. The van der Waals surface area contributed by atoms with Crippen molar-refractivity contribution in [2.24, 2.45) is 21.8 Å². The van der Waals surface area contributed by atoms with E-state index < -0.39 is 25.2 Å². The summed E-state index contributed by atoms with van der Waals surface area (Å²) < 4.78 is 57.8. The minimum atomic E-state index is -2.88. The fourth-order valence-electron chi connectivity index (χ4n) is 4.21. The molecule has 0 spiro atoms. The number of hydrogen-bond acceptors (Lipinski definition) is 8. The number of nitrogens with zero attached hydrogens (tertiary/aromatic N) is 4. The highest BCUT2D eigenvalue weighted by Gasteiger charge is 2.24. The lowest BCUT2D eigenvalue weighted by Crippen LogP contribution is -2.24. The number of ether oxygens (including phenoxy) is 2. The van der Waals surface area contributed by atoms with Crippen LogP contribution in [0.4, 0.5) is 29.3 Å². The van der Waals surface area contributed by atoms with Crippen LogP contribution in [-0.2, 0) is 9.47 Å². The molecule has 2 aliphatic carbocycles. The largest absolute Gasteiger partial charge is 0.393 e. The molecule has 0 saturated heterocycles. The number of nitrogens with one attached hydrogen (secondary N) is 1. The monoisotopic (exact) mass is 517 g/mol. The van der Waals surface area contributed by atoms with Crippen LogP contribution >= 0.6 is 0 Å². The van der Waals surface area contributed by atoms with Gasteiger partial charge in [-0.2, -0.15) is 22.5 Å². The van der Waals surface area contributed by atoms with Crippen LogP contribution in [0.2, 0.25) is 0 Å². The zero-order valence-electron chi connectivity index (χ0n) is 19.7. The van der Waals surface area contributed by atoms with E-state index in [0.29, 0.717) is 38.5 Å². The number of alkyl halides is 4. The number of aliphatic hydroxyl groups is 1. The van der Waals surface area contributed by atoms with Crippen molar-refractivity contribution in [2.75, 3.05) is 18.5 Å². The van der Waals surface area contributed by atoms with E-state index in [0.717, 1.165) is 12.8 Å². The average Bonchev–Trinajstić information content (AvgIpc) is 2.85. The number of hydrogen-bond donors (Lipinski definition) is 2. The van der Waals surface area contributed by atoms with Crippen molar-refractivity contribution >= 4 is 30.1 Å². The van der Waals surface area contributed by atoms with Crippen molar-refractivity contribution in [2.45, 2.75) is 76.8 Å². The number of carbonyl (C=O) groups excluding carboxylic acids is 1. The van der Waals surface area contributed by atoms with Gasteiger partial charge in [-0.1, -0.05) is 0 Å². The van der Waals surface area contributed by atoms with E-state index in [-0.39, 0.29) is 48.4 Å². The Hall–Kier alpha value is -2.51. The number of rotatable bonds is 11. The van der Waals surface area contributed by atoms with Gasteiger partial charge in [0.15, 0.2) is 5.82 Å². The Morgan fingerprint density at radius 1 is 1.06 bits per heavy atom. The smallest absolute Gasteiger partial charge is 0.345 e. The molecule has 0 aromatic carbocycles. The van der Waals surface area contributed by atoms with Gasteiger partial charge in [0.2, 0.25) is 5.95 Å². The number of amides is 1. The number of aliphatic hydroxyl groups excluding tert-OH is 1. The maximum absolute atomic E-state index is 12.8. The highest BCUT2D eigenvalue weighted by molar-refractivity contribution is 6.02. The molecule has 13 heteroatoms. The fourth-order valence-corrected chi connectivity index (χ4v) is 4.21. The molecule has 1 aromatic rings. The van der Waals surface area contributed by atoms with Crippen LogP contribution in [0.5, 0.6) is 0 Å². The highest BCUT2D eigenvalue weighted by atomic mass is 19.3. The van der Waals surface area contributed by atoms with E-state index in [1.807, 2.05) is 0 Å². The first kappa shape index (κ1) is 28.1. The van der Waals surface area contributed by atoms with Crippen molar-refractivity contribution in [1.82, 2.24) is 9.97 Å². The van der Waals surface area contributed by atoms with Crippen molar-refractivity contribution in [3.05, 3.63) is 11.8 Å². The number of halogens is 4. The van der Waals surface area contributed by atoms with Gasteiger partial charge in [0, 0.05) is 25.2 Å². The molecule has 0 atom stereocenters. The third-order valence-corrected chi connectivity index (χ3v) is 6.19. The molecule has 2 saturated carbocycles. The summed E-state index contributed by atoms with van der Waals surface area (Å²) in [6, 6.07) is 0. The lowest BCUT2D eigenvalue weighted by Gasteiger charge is -2.25. The normalized spacial score (nSPS) is 25.3. The molecule has 2 N–H and O–H groups in total. The second-order valence-electron chi connectivity index (χ2n) is 8.85. The highest BCUT2D eigenvalue weighted by Crippen LogP contribution is 2.27. The lowest BCUT2D eigenvalue weighted by atomic mass is 9.88. The van der Waals surface area contributed by atoms with Crippen LogP contribution in [0.3, 0.4) is 0 Å². The summed E-state index contributed by atoms with van der Waals surface area (Å²) >= 11 is 0. The summed E-state index contributed by atoms with van der Waals surface area (Å²) in [4.78, 5) is 29.6. The molecule has 200 valence electrons. The van der Waals surface area contributed by atoms with Crippen molar-refractivity contribution in [3.63, 3.8) is 0 Å². The Kier molecular flexibility index (Phi) is 11.1. The summed E-state index contributed by atoms with van der Waals surface area (Å²) in [5, 5.41) is 12.4. The van der Waals surface area contributed by atoms with Crippen molar-refractivity contribution in [1.29, 1.82) is 0 Å². The number of aromatic nitrogens is 2. The van der Waals surface area contributed by atoms with Gasteiger partial charge < -0.3 is 19.9 Å². The predicted octanol–water partition coefficient (Wildman–Crippen LogP) is 4.39. The van der Waals surface area contributed by atoms with Crippen LogP contribution in [-0.4, -0.2) is 72.0 Å². The topological polar surface area (TPSA) is 118 Å². The summed E-state index contributed by atoms with van der Waals surface area (Å²) in [7, 11) is 0. The second-order valence-corrected chi connectivity index (χ2v) is 8.85. The molecule has 2 fully saturated rings. The molecule has 2 aliphatic rings. The summed E-state index contributed by atoms with van der Waals surface area (Å²) in [5.74, 6) is -0.332. The standard InChI is InChI=1S/C23H31F4N5O4/c24-21(25)35-10-9-28-23-31-13-18(19(32-23)29-11-14-1-5-16(33)6-2-14)20(34)30-12-15-3-7-17(8-4-15)36-22(26)27/h11-17,21-22,33H,1-10H2,(H,28,31,32)/b29-11-,30-12+. The van der Waals surface area contributed by atoms with Crippen molar-refractivity contribution in [3.8, 4) is 0 Å². The molecular weight excluding hydrogens is 486 g/mol. The van der Waals surface area contributed by atoms with Gasteiger partial charge in [0.1, 0.15) is 5.56 Å². The van der Waals surface area contributed by atoms with E-state index in [1.54, 1.807) is 6.21 Å². The second kappa shape index (κ2) is 14.3. The summed E-state index contributed by atoms with van der Waals surface area (Å²) in [6.07, 6.45) is 8.59. The molecule has 0 aliphatic heterocycles. The van der Waals surface area contributed by atoms with E-state index >= 15 is 0 Å². The zero-order chi connectivity index (χ0) is 25.9. The molecule has 3 rings (SSSR count). The summed E-state index contributed by atoms with van der Waals surface area (Å²) in [5.41, 5.74) is 0.0717. The summed E-state index contributed by atoms with van der Waals surface area (Å²) in [6.45, 7) is -5.92. The minimum Gasteiger partial charge on any atom is -0.393 e. The van der Waals surface area contributed by atoms with Crippen LogP contribution in [0.25, 0.3) is 0 Å². The molecule has 36 heavy (non-hydrogen) atoms. The molecule has 1 heterocycles. The molecule has 0 bridgehead atoms. The third-order valence-electron chi connectivity index (χ3n) is 6.19. The first-order valence-corrected chi connectivity index (χ1v) is 12.0. The van der Waals surface area contributed by atoms with Crippen molar-refractivity contribution < 1.29 is 36.9 Å². The average molecular weight is 518 g/mol. The maximum Gasteiger partial charge on any atom is 0.345 e. The Morgan fingerprint density at radius 2 is 1.72 bits per heavy atom. The molecule has 1 amide bonds. The fraction of sp³-hybridized carbons (Fsp3) is 0.696. The Bertz CT molecular complexity index is 889. The van der Waals surface area contributed by atoms with E-state index in [4.69, 9.17) is 0 Å². The van der Waals surface area contributed by atoms with Crippen LogP contribution in [0.15, 0.2) is 16.2 Å².